The Hall–Kier alpha value is -0.330. The van der Waals surface area contributed by atoms with Crippen LogP contribution in [0, 0.1) is 23.7 Å². The van der Waals surface area contributed by atoms with Gasteiger partial charge in [-0.25, -0.2) is 0 Å². The summed E-state index contributed by atoms with van der Waals surface area (Å²) in [5.41, 5.74) is 0. The van der Waals surface area contributed by atoms with Crippen LogP contribution < -0.4 is 0 Å². The van der Waals surface area contributed by atoms with Crippen molar-refractivity contribution in [1.29, 1.82) is 0 Å². The molecule has 2 rings (SSSR count). The molecule has 0 unspecified atom stereocenters. The van der Waals surface area contributed by atoms with Gasteiger partial charge >= 0.3 is 0 Å². The fourth-order valence-electron chi connectivity index (χ4n) is 2.65. The van der Waals surface area contributed by atoms with E-state index in [0.29, 0.717) is 17.6 Å². The van der Waals surface area contributed by atoms with Gasteiger partial charge in [0.25, 0.3) is 0 Å². The number of ketones is 1. The van der Waals surface area contributed by atoms with E-state index in [0.717, 1.165) is 18.3 Å². The molecule has 0 aromatic carbocycles. The van der Waals surface area contributed by atoms with Crippen molar-refractivity contribution < 1.29 is 4.79 Å². The van der Waals surface area contributed by atoms with E-state index in [-0.39, 0.29) is 0 Å². The fourth-order valence-corrected chi connectivity index (χ4v) is 2.65. The minimum absolute atomic E-state index is 0.444. The quantitative estimate of drug-likeness (QED) is 0.499. The second-order valence-electron chi connectivity index (χ2n) is 3.99. The van der Waals surface area contributed by atoms with Gasteiger partial charge in [0.15, 0.2) is 0 Å². The van der Waals surface area contributed by atoms with E-state index in [1.54, 1.807) is 0 Å². The second kappa shape index (κ2) is 1.84. The zero-order valence-corrected chi connectivity index (χ0v) is 6.63. The van der Waals surface area contributed by atoms with E-state index in [1.165, 1.54) is 6.42 Å². The summed E-state index contributed by atoms with van der Waals surface area (Å²) in [4.78, 5) is 11.2. The van der Waals surface area contributed by atoms with Gasteiger partial charge in [-0.3, -0.25) is 4.79 Å². The lowest BCUT2D eigenvalue weighted by molar-refractivity contribution is -0.123. The van der Waals surface area contributed by atoms with E-state index >= 15 is 0 Å². The van der Waals surface area contributed by atoms with E-state index in [2.05, 4.69) is 13.8 Å². The van der Waals surface area contributed by atoms with Crippen LogP contribution in [-0.4, -0.2) is 5.78 Å². The molecule has 56 valence electrons. The average molecular weight is 138 g/mol. The molecule has 4 atom stereocenters. The molecule has 0 N–H and O–H groups in total. The van der Waals surface area contributed by atoms with Crippen LogP contribution in [0.5, 0.6) is 0 Å². The van der Waals surface area contributed by atoms with Gasteiger partial charge in [-0.2, -0.15) is 0 Å². The summed E-state index contributed by atoms with van der Waals surface area (Å²) < 4.78 is 0. The van der Waals surface area contributed by atoms with Crippen LogP contribution >= 0.6 is 0 Å². The first kappa shape index (κ1) is 6.38. The molecule has 2 fully saturated rings. The molecule has 2 bridgehead atoms. The van der Waals surface area contributed by atoms with Crippen molar-refractivity contribution in [2.75, 3.05) is 0 Å². The molecular formula is C9H14O. The Bertz CT molecular complexity index is 172. The van der Waals surface area contributed by atoms with Crippen molar-refractivity contribution >= 4 is 5.78 Å². The fraction of sp³-hybridized carbons (Fsp3) is 0.889. The van der Waals surface area contributed by atoms with E-state index in [4.69, 9.17) is 0 Å². The lowest BCUT2D eigenvalue weighted by atomic mass is 9.81. The number of Topliss-reactive ketones (excluding diaryl/α,β-unsaturated/α-hetero) is 1. The van der Waals surface area contributed by atoms with Gasteiger partial charge in [-0.15, -0.1) is 0 Å². The Labute approximate surface area is 61.8 Å². The highest BCUT2D eigenvalue weighted by Gasteiger charge is 2.47. The second-order valence-corrected chi connectivity index (χ2v) is 3.99. The zero-order valence-electron chi connectivity index (χ0n) is 6.63. The summed E-state index contributed by atoms with van der Waals surface area (Å²) in [7, 11) is 0. The lowest BCUT2D eigenvalue weighted by Gasteiger charge is -2.23. The van der Waals surface area contributed by atoms with Gasteiger partial charge < -0.3 is 0 Å². The first-order valence-electron chi connectivity index (χ1n) is 4.23. The third kappa shape index (κ3) is 0.609. The Kier molecular flexibility index (Phi) is 1.17. The number of fused-ring (bicyclic) bond motifs is 2. The molecule has 0 spiro atoms. The maximum Gasteiger partial charge on any atom is 0.136 e. The van der Waals surface area contributed by atoms with Crippen LogP contribution in [0.4, 0.5) is 0 Å². The highest BCUT2D eigenvalue weighted by atomic mass is 16.1. The topological polar surface area (TPSA) is 17.1 Å². The van der Waals surface area contributed by atoms with Gasteiger partial charge in [-0.1, -0.05) is 13.8 Å². The van der Waals surface area contributed by atoms with E-state index in [1.807, 2.05) is 0 Å². The highest BCUT2D eigenvalue weighted by molar-refractivity contribution is 5.84. The Balaban J connectivity index is 2.24. The van der Waals surface area contributed by atoms with Crippen LogP contribution in [0.3, 0.4) is 0 Å². The average Bonchev–Trinajstić information content (AvgIpc) is 2.36. The highest BCUT2D eigenvalue weighted by Crippen LogP contribution is 2.49. The number of carbonyl (C=O) groups is 1. The molecule has 0 radical (unpaired) electrons. The summed E-state index contributed by atoms with van der Waals surface area (Å²) in [5.74, 6) is 3.21. The summed E-state index contributed by atoms with van der Waals surface area (Å²) in [6.45, 7) is 4.52. The standard InChI is InChI=1S/C9H14O/c1-5-6(2)8-3-7(5)4-9(8)10/h5-8H,3-4H2,1-2H3/t5-,6-,7+,8+/m1/s1. The normalized spacial score (nSPS) is 52.4. The Morgan fingerprint density at radius 2 is 2.00 bits per heavy atom. The first-order chi connectivity index (χ1) is 4.70. The van der Waals surface area contributed by atoms with Crippen molar-refractivity contribution in [3.63, 3.8) is 0 Å². The summed E-state index contributed by atoms with van der Waals surface area (Å²) in [6, 6.07) is 0. The minimum atomic E-state index is 0.444. The van der Waals surface area contributed by atoms with Crippen molar-refractivity contribution in [3.05, 3.63) is 0 Å². The van der Waals surface area contributed by atoms with Gasteiger partial charge in [0.1, 0.15) is 5.78 Å². The summed E-state index contributed by atoms with van der Waals surface area (Å²) in [5, 5.41) is 0. The molecule has 0 aromatic rings. The Morgan fingerprint density at radius 3 is 2.40 bits per heavy atom. The summed E-state index contributed by atoms with van der Waals surface area (Å²) >= 11 is 0. The van der Waals surface area contributed by atoms with Crippen LogP contribution in [0.2, 0.25) is 0 Å². The van der Waals surface area contributed by atoms with Crippen LogP contribution in [-0.2, 0) is 4.79 Å². The van der Waals surface area contributed by atoms with Crippen molar-refractivity contribution in [1.82, 2.24) is 0 Å². The zero-order chi connectivity index (χ0) is 7.30. The molecule has 0 aromatic heterocycles. The lowest BCUT2D eigenvalue weighted by Crippen LogP contribution is -2.23. The molecule has 2 aliphatic carbocycles. The molecule has 0 saturated heterocycles. The van der Waals surface area contributed by atoms with Gasteiger partial charge in [-0.05, 0) is 24.2 Å². The molecule has 1 nitrogen and oxygen atoms in total. The van der Waals surface area contributed by atoms with Crippen molar-refractivity contribution in [2.24, 2.45) is 23.7 Å². The number of hydrogen-bond acceptors (Lipinski definition) is 1. The molecular weight excluding hydrogens is 124 g/mol. The third-order valence-corrected chi connectivity index (χ3v) is 3.64. The molecule has 1 heteroatoms. The van der Waals surface area contributed by atoms with E-state index < -0.39 is 0 Å². The third-order valence-electron chi connectivity index (χ3n) is 3.64. The Morgan fingerprint density at radius 1 is 1.30 bits per heavy atom. The molecule has 0 aliphatic heterocycles. The molecule has 0 amide bonds. The van der Waals surface area contributed by atoms with Gasteiger partial charge in [0.05, 0.1) is 0 Å². The molecule has 2 aliphatic rings. The monoisotopic (exact) mass is 138 g/mol. The maximum absolute atomic E-state index is 11.2. The maximum atomic E-state index is 11.2. The summed E-state index contributed by atoms with van der Waals surface area (Å²) in [6.07, 6.45) is 2.08. The molecule has 2 saturated carbocycles. The molecule has 0 heterocycles. The van der Waals surface area contributed by atoms with Crippen LogP contribution in [0.15, 0.2) is 0 Å². The van der Waals surface area contributed by atoms with E-state index in [9.17, 15) is 4.79 Å². The first-order valence-corrected chi connectivity index (χ1v) is 4.23. The number of rotatable bonds is 0. The SMILES string of the molecule is C[C@@H]1[C@@H](C)[C@@H]2CC(=O)[C@H]1C2. The van der Waals surface area contributed by atoms with Gasteiger partial charge in [0.2, 0.25) is 0 Å². The number of carbonyl (C=O) groups excluding carboxylic acids is 1. The minimum Gasteiger partial charge on any atom is -0.299 e. The van der Waals surface area contributed by atoms with Crippen LogP contribution in [0.25, 0.3) is 0 Å². The van der Waals surface area contributed by atoms with Crippen molar-refractivity contribution in [2.45, 2.75) is 26.7 Å². The predicted octanol–water partition coefficient (Wildman–Crippen LogP) is 1.87. The molecule has 10 heavy (non-hydrogen) atoms. The van der Waals surface area contributed by atoms with Gasteiger partial charge in [0, 0.05) is 12.3 Å². The van der Waals surface area contributed by atoms with Crippen molar-refractivity contribution in [3.8, 4) is 0 Å². The number of hydrogen-bond donors (Lipinski definition) is 0. The van der Waals surface area contributed by atoms with Crippen LogP contribution in [0.1, 0.15) is 26.7 Å². The largest absolute Gasteiger partial charge is 0.299 e. The predicted molar refractivity (Wildman–Crippen MR) is 39.5 cm³/mol. The smallest absolute Gasteiger partial charge is 0.136 e.